The summed E-state index contributed by atoms with van der Waals surface area (Å²) in [6.45, 7) is 6.99. The van der Waals surface area contributed by atoms with E-state index in [1.807, 2.05) is 43.0 Å². The maximum Gasteiger partial charge on any atom is 0.254 e. The Morgan fingerprint density at radius 3 is 2.62 bits per heavy atom. The van der Waals surface area contributed by atoms with Crippen LogP contribution in [0.15, 0.2) is 28.7 Å². The molecule has 88 valence electrons. The van der Waals surface area contributed by atoms with Crippen LogP contribution < -0.4 is 0 Å². The number of carbonyl (C=O) groups is 1. The standard InChI is InChI=1S/C13H18BrNO/c1-4-8-15(10(2)3)13(16)11-6-5-7-12(14)9-11/h5-7,9-10H,4,8H2,1-3H3. The first-order chi connectivity index (χ1) is 7.56. The average molecular weight is 284 g/mol. The fourth-order valence-corrected chi connectivity index (χ4v) is 2.02. The summed E-state index contributed by atoms with van der Waals surface area (Å²) in [7, 11) is 0. The lowest BCUT2D eigenvalue weighted by Gasteiger charge is -2.26. The summed E-state index contributed by atoms with van der Waals surface area (Å²) in [6.07, 6.45) is 0.984. The number of nitrogens with zero attached hydrogens (tertiary/aromatic N) is 1. The lowest BCUT2D eigenvalue weighted by atomic mass is 10.1. The summed E-state index contributed by atoms with van der Waals surface area (Å²) < 4.78 is 0.943. The van der Waals surface area contributed by atoms with Gasteiger partial charge in [0.05, 0.1) is 0 Å². The Labute approximate surface area is 106 Å². The zero-order chi connectivity index (χ0) is 12.1. The molecule has 0 spiro atoms. The molecular formula is C13H18BrNO. The first kappa shape index (κ1) is 13.2. The van der Waals surface area contributed by atoms with Crippen molar-refractivity contribution in [2.75, 3.05) is 6.54 Å². The van der Waals surface area contributed by atoms with Crippen LogP contribution in [-0.4, -0.2) is 23.4 Å². The van der Waals surface area contributed by atoms with Crippen LogP contribution in [0.4, 0.5) is 0 Å². The Morgan fingerprint density at radius 2 is 2.12 bits per heavy atom. The topological polar surface area (TPSA) is 20.3 Å². The van der Waals surface area contributed by atoms with Gasteiger partial charge in [0.2, 0.25) is 0 Å². The molecule has 16 heavy (non-hydrogen) atoms. The van der Waals surface area contributed by atoms with E-state index in [0.717, 1.165) is 23.0 Å². The van der Waals surface area contributed by atoms with E-state index in [0.29, 0.717) is 0 Å². The summed E-state index contributed by atoms with van der Waals surface area (Å²) >= 11 is 3.38. The molecular weight excluding hydrogens is 266 g/mol. The van der Waals surface area contributed by atoms with Crippen molar-refractivity contribution in [3.8, 4) is 0 Å². The second-order valence-electron chi connectivity index (χ2n) is 4.10. The van der Waals surface area contributed by atoms with Crippen molar-refractivity contribution in [1.29, 1.82) is 0 Å². The lowest BCUT2D eigenvalue weighted by molar-refractivity contribution is 0.0706. The van der Waals surface area contributed by atoms with Gasteiger partial charge in [-0.2, -0.15) is 0 Å². The summed E-state index contributed by atoms with van der Waals surface area (Å²) in [5, 5.41) is 0. The maximum absolute atomic E-state index is 12.2. The quantitative estimate of drug-likeness (QED) is 0.825. The van der Waals surface area contributed by atoms with E-state index < -0.39 is 0 Å². The minimum atomic E-state index is 0.109. The summed E-state index contributed by atoms with van der Waals surface area (Å²) in [6, 6.07) is 7.79. The molecule has 1 aromatic carbocycles. The normalized spacial score (nSPS) is 10.6. The van der Waals surface area contributed by atoms with Crippen LogP contribution in [0.3, 0.4) is 0 Å². The highest BCUT2D eigenvalue weighted by Gasteiger charge is 2.17. The second kappa shape index (κ2) is 6.04. The third-order valence-corrected chi connectivity index (χ3v) is 2.91. The van der Waals surface area contributed by atoms with Crippen molar-refractivity contribution in [2.45, 2.75) is 33.2 Å². The van der Waals surface area contributed by atoms with Gasteiger partial charge in [0, 0.05) is 22.6 Å². The SMILES string of the molecule is CCCN(C(=O)c1cccc(Br)c1)C(C)C. The molecule has 0 N–H and O–H groups in total. The van der Waals surface area contributed by atoms with Gasteiger partial charge in [0.1, 0.15) is 0 Å². The van der Waals surface area contributed by atoms with Crippen molar-refractivity contribution in [3.05, 3.63) is 34.3 Å². The van der Waals surface area contributed by atoms with Gasteiger partial charge >= 0.3 is 0 Å². The molecule has 1 aromatic rings. The molecule has 0 aromatic heterocycles. The van der Waals surface area contributed by atoms with Crippen molar-refractivity contribution in [2.24, 2.45) is 0 Å². The van der Waals surface area contributed by atoms with E-state index in [1.165, 1.54) is 0 Å². The second-order valence-corrected chi connectivity index (χ2v) is 5.02. The van der Waals surface area contributed by atoms with Crippen LogP contribution in [0.25, 0.3) is 0 Å². The van der Waals surface area contributed by atoms with Crippen LogP contribution in [0.5, 0.6) is 0 Å². The molecule has 0 fully saturated rings. The van der Waals surface area contributed by atoms with Gasteiger partial charge in [-0.15, -0.1) is 0 Å². The molecule has 0 radical (unpaired) electrons. The number of halogens is 1. The molecule has 3 heteroatoms. The first-order valence-corrected chi connectivity index (χ1v) is 6.42. The van der Waals surface area contributed by atoms with E-state index in [9.17, 15) is 4.79 Å². The van der Waals surface area contributed by atoms with Crippen LogP contribution in [0.1, 0.15) is 37.6 Å². The Balaban J connectivity index is 2.90. The summed E-state index contributed by atoms with van der Waals surface area (Å²) in [5.74, 6) is 0.109. The highest BCUT2D eigenvalue weighted by Crippen LogP contribution is 2.15. The van der Waals surface area contributed by atoms with E-state index in [2.05, 4.69) is 22.9 Å². The van der Waals surface area contributed by atoms with Gasteiger partial charge in [0.15, 0.2) is 0 Å². The molecule has 0 saturated carbocycles. The van der Waals surface area contributed by atoms with Crippen LogP contribution in [-0.2, 0) is 0 Å². The maximum atomic E-state index is 12.2. The molecule has 0 aliphatic heterocycles. The van der Waals surface area contributed by atoms with Gasteiger partial charge < -0.3 is 4.90 Å². The molecule has 0 unspecified atom stereocenters. The third kappa shape index (κ3) is 3.34. The minimum Gasteiger partial charge on any atom is -0.336 e. The third-order valence-electron chi connectivity index (χ3n) is 2.42. The lowest BCUT2D eigenvalue weighted by Crippen LogP contribution is -2.37. The van der Waals surface area contributed by atoms with Gasteiger partial charge in [-0.1, -0.05) is 28.9 Å². The van der Waals surface area contributed by atoms with Crippen molar-refractivity contribution in [3.63, 3.8) is 0 Å². The number of benzene rings is 1. The van der Waals surface area contributed by atoms with Crippen molar-refractivity contribution in [1.82, 2.24) is 4.90 Å². The van der Waals surface area contributed by atoms with Gasteiger partial charge in [0.25, 0.3) is 5.91 Å². The number of carbonyl (C=O) groups excluding carboxylic acids is 1. The fraction of sp³-hybridized carbons (Fsp3) is 0.462. The van der Waals surface area contributed by atoms with Crippen LogP contribution in [0.2, 0.25) is 0 Å². The van der Waals surface area contributed by atoms with E-state index >= 15 is 0 Å². The van der Waals surface area contributed by atoms with Crippen LogP contribution >= 0.6 is 15.9 Å². The van der Waals surface area contributed by atoms with E-state index in [4.69, 9.17) is 0 Å². The Kier molecular flexibility index (Phi) is 5.00. The molecule has 0 aliphatic rings. The van der Waals surface area contributed by atoms with Crippen molar-refractivity contribution < 1.29 is 4.79 Å². The summed E-state index contributed by atoms with van der Waals surface area (Å²) in [4.78, 5) is 14.1. The van der Waals surface area contributed by atoms with E-state index in [-0.39, 0.29) is 11.9 Å². The minimum absolute atomic E-state index is 0.109. The Morgan fingerprint density at radius 1 is 1.44 bits per heavy atom. The fourth-order valence-electron chi connectivity index (χ4n) is 1.62. The zero-order valence-electron chi connectivity index (χ0n) is 10.0. The van der Waals surface area contributed by atoms with E-state index in [1.54, 1.807) is 0 Å². The monoisotopic (exact) mass is 283 g/mol. The van der Waals surface area contributed by atoms with Gasteiger partial charge in [-0.05, 0) is 38.5 Å². The molecule has 0 saturated heterocycles. The summed E-state index contributed by atoms with van der Waals surface area (Å²) in [5.41, 5.74) is 0.747. The highest BCUT2D eigenvalue weighted by atomic mass is 79.9. The average Bonchev–Trinajstić information content (AvgIpc) is 2.24. The molecule has 0 aliphatic carbocycles. The van der Waals surface area contributed by atoms with Gasteiger partial charge in [-0.25, -0.2) is 0 Å². The molecule has 1 amide bonds. The molecule has 1 rings (SSSR count). The Hall–Kier alpha value is -0.830. The van der Waals surface area contributed by atoms with Crippen molar-refractivity contribution >= 4 is 21.8 Å². The number of hydrogen-bond donors (Lipinski definition) is 0. The Bertz CT molecular complexity index is 363. The molecule has 0 atom stereocenters. The molecule has 2 nitrogen and oxygen atoms in total. The van der Waals surface area contributed by atoms with Crippen LogP contribution in [0, 0.1) is 0 Å². The van der Waals surface area contributed by atoms with Gasteiger partial charge in [-0.3, -0.25) is 4.79 Å². The largest absolute Gasteiger partial charge is 0.336 e. The molecule has 0 heterocycles. The first-order valence-electron chi connectivity index (χ1n) is 5.62. The molecule has 0 bridgehead atoms. The highest BCUT2D eigenvalue weighted by molar-refractivity contribution is 9.10. The zero-order valence-corrected chi connectivity index (χ0v) is 11.6. The number of rotatable bonds is 4. The number of amides is 1. The smallest absolute Gasteiger partial charge is 0.254 e. The predicted octanol–water partition coefficient (Wildman–Crippen LogP) is 3.71. The number of hydrogen-bond acceptors (Lipinski definition) is 1. The predicted molar refractivity (Wildman–Crippen MR) is 70.6 cm³/mol.